The van der Waals surface area contributed by atoms with Crippen LogP contribution in [0.15, 0.2) is 54.1 Å². The van der Waals surface area contributed by atoms with Gasteiger partial charge in [0, 0.05) is 19.6 Å². The van der Waals surface area contributed by atoms with Crippen LogP contribution in [0.5, 0.6) is 11.5 Å². The van der Waals surface area contributed by atoms with E-state index in [1.54, 1.807) is 32.4 Å². The molecular weight excluding hydrogens is 376 g/mol. The van der Waals surface area contributed by atoms with Crippen LogP contribution in [0.2, 0.25) is 0 Å². The molecule has 1 N–H and O–H groups in total. The molecule has 1 fully saturated rings. The molecule has 1 amide bonds. The van der Waals surface area contributed by atoms with Crippen molar-refractivity contribution in [3.8, 4) is 11.5 Å². The van der Waals surface area contributed by atoms with Crippen molar-refractivity contribution >= 4 is 12.0 Å². The minimum atomic E-state index is -0.122. The molecule has 0 aliphatic carbocycles. The van der Waals surface area contributed by atoms with Gasteiger partial charge in [0.1, 0.15) is 0 Å². The van der Waals surface area contributed by atoms with Gasteiger partial charge >= 0.3 is 0 Å². The first-order chi connectivity index (χ1) is 14.6. The molecule has 0 saturated carbocycles. The van der Waals surface area contributed by atoms with Crippen molar-refractivity contribution in [3.63, 3.8) is 0 Å². The Morgan fingerprint density at radius 3 is 2.67 bits per heavy atom. The second-order valence-electron chi connectivity index (χ2n) is 7.90. The number of amides is 1. The normalized spacial score (nSPS) is 17.4. The van der Waals surface area contributed by atoms with Gasteiger partial charge < -0.3 is 14.8 Å². The van der Waals surface area contributed by atoms with Crippen molar-refractivity contribution in [3.05, 3.63) is 65.2 Å². The number of hydrogen-bond acceptors (Lipinski definition) is 4. The predicted octanol–water partition coefficient (Wildman–Crippen LogP) is 4.25. The molecule has 5 nitrogen and oxygen atoms in total. The van der Waals surface area contributed by atoms with Crippen molar-refractivity contribution in [2.45, 2.75) is 19.8 Å². The quantitative estimate of drug-likeness (QED) is 0.710. The number of para-hydroxylation sites is 1. The number of benzene rings is 2. The summed E-state index contributed by atoms with van der Waals surface area (Å²) in [7, 11) is 3.13. The van der Waals surface area contributed by atoms with Crippen LogP contribution in [0, 0.1) is 5.92 Å². The number of likely N-dealkylation sites (tertiary alicyclic amines) is 1. The molecule has 1 atom stereocenters. The lowest BCUT2D eigenvalue weighted by Gasteiger charge is -2.33. The van der Waals surface area contributed by atoms with E-state index in [-0.39, 0.29) is 5.91 Å². The van der Waals surface area contributed by atoms with Crippen LogP contribution in [0.3, 0.4) is 0 Å². The van der Waals surface area contributed by atoms with E-state index >= 15 is 0 Å². The Morgan fingerprint density at radius 1 is 1.13 bits per heavy atom. The summed E-state index contributed by atoms with van der Waals surface area (Å²) in [5, 5.41) is 3.09. The Hall–Kier alpha value is -2.79. The third kappa shape index (κ3) is 5.86. The molecule has 2 aromatic rings. The summed E-state index contributed by atoms with van der Waals surface area (Å²) in [6.07, 6.45) is 4.54. The lowest BCUT2D eigenvalue weighted by atomic mass is 9.97. The molecule has 3 rings (SSSR count). The largest absolute Gasteiger partial charge is 0.493 e. The topological polar surface area (TPSA) is 50.8 Å². The monoisotopic (exact) mass is 408 g/mol. The van der Waals surface area contributed by atoms with Gasteiger partial charge in [-0.2, -0.15) is 0 Å². The lowest BCUT2D eigenvalue weighted by molar-refractivity contribution is 0.0930. The van der Waals surface area contributed by atoms with Crippen LogP contribution < -0.4 is 14.8 Å². The summed E-state index contributed by atoms with van der Waals surface area (Å²) in [6, 6.07) is 15.8. The Kier molecular flexibility index (Phi) is 7.91. The molecule has 0 spiro atoms. The zero-order chi connectivity index (χ0) is 21.3. The summed E-state index contributed by atoms with van der Waals surface area (Å²) in [5.74, 6) is 1.37. The fourth-order valence-electron chi connectivity index (χ4n) is 4.09. The molecule has 1 aliphatic rings. The molecular formula is C25H32N2O3. The van der Waals surface area contributed by atoms with Crippen molar-refractivity contribution in [1.29, 1.82) is 0 Å². The van der Waals surface area contributed by atoms with Crippen LogP contribution >= 0.6 is 0 Å². The van der Waals surface area contributed by atoms with E-state index in [9.17, 15) is 4.79 Å². The van der Waals surface area contributed by atoms with Gasteiger partial charge in [-0.05, 0) is 49.9 Å². The van der Waals surface area contributed by atoms with Crippen LogP contribution in [0.4, 0.5) is 0 Å². The van der Waals surface area contributed by atoms with Gasteiger partial charge in [-0.15, -0.1) is 0 Å². The van der Waals surface area contributed by atoms with Crippen molar-refractivity contribution in [2.24, 2.45) is 5.92 Å². The fourth-order valence-corrected chi connectivity index (χ4v) is 4.09. The number of methoxy groups -OCH3 is 2. The highest BCUT2D eigenvalue weighted by atomic mass is 16.5. The number of ether oxygens (including phenoxy) is 2. The number of piperidine rings is 1. The third-order valence-electron chi connectivity index (χ3n) is 5.49. The van der Waals surface area contributed by atoms with Crippen molar-refractivity contribution in [2.75, 3.05) is 40.4 Å². The molecule has 1 saturated heterocycles. The third-order valence-corrected chi connectivity index (χ3v) is 5.49. The van der Waals surface area contributed by atoms with Crippen LogP contribution in [0.25, 0.3) is 6.08 Å². The molecule has 0 radical (unpaired) electrons. The van der Waals surface area contributed by atoms with Crippen LogP contribution in [-0.2, 0) is 0 Å². The highest BCUT2D eigenvalue weighted by molar-refractivity contribution is 5.97. The summed E-state index contributed by atoms with van der Waals surface area (Å²) in [5.41, 5.74) is 3.10. The van der Waals surface area contributed by atoms with Gasteiger partial charge in [-0.25, -0.2) is 0 Å². The minimum absolute atomic E-state index is 0.122. The second kappa shape index (κ2) is 10.8. The van der Waals surface area contributed by atoms with Crippen molar-refractivity contribution in [1.82, 2.24) is 10.2 Å². The second-order valence-corrected chi connectivity index (χ2v) is 7.90. The lowest BCUT2D eigenvalue weighted by Crippen LogP contribution is -2.41. The van der Waals surface area contributed by atoms with E-state index < -0.39 is 0 Å². The van der Waals surface area contributed by atoms with Gasteiger partial charge in [-0.1, -0.05) is 48.0 Å². The molecule has 5 heteroatoms. The first kappa shape index (κ1) is 21.9. The van der Waals surface area contributed by atoms with Crippen molar-refractivity contribution < 1.29 is 14.3 Å². The van der Waals surface area contributed by atoms with E-state index in [2.05, 4.69) is 47.5 Å². The first-order valence-electron chi connectivity index (χ1n) is 10.5. The molecule has 2 aromatic carbocycles. The van der Waals surface area contributed by atoms with E-state index in [4.69, 9.17) is 9.47 Å². The van der Waals surface area contributed by atoms with Gasteiger partial charge in [0.25, 0.3) is 5.91 Å². The predicted molar refractivity (Wildman–Crippen MR) is 121 cm³/mol. The fraction of sp³-hybridized carbons (Fsp3) is 0.400. The molecule has 0 aromatic heterocycles. The van der Waals surface area contributed by atoms with E-state index in [0.717, 1.165) is 32.5 Å². The number of nitrogens with one attached hydrogen (secondary N) is 1. The molecule has 160 valence electrons. The maximum absolute atomic E-state index is 12.7. The molecule has 1 aliphatic heterocycles. The summed E-state index contributed by atoms with van der Waals surface area (Å²) in [4.78, 5) is 15.2. The average Bonchev–Trinajstić information content (AvgIpc) is 2.77. The standard InChI is InChI=1S/C25H32N2O3/c1-19(15-20-9-5-4-6-10-20)17-27-14-8-11-21(18-27)16-26-25(28)22-12-7-13-23(29-2)24(22)30-3/h4-7,9-10,12-13,15,21H,8,11,14,16-18H2,1-3H3,(H,26,28)/b19-15+/t21-/m0/s1. The average molecular weight is 409 g/mol. The Balaban J connectivity index is 1.54. The summed E-state index contributed by atoms with van der Waals surface area (Å²) in [6.45, 7) is 5.91. The summed E-state index contributed by atoms with van der Waals surface area (Å²) < 4.78 is 10.7. The maximum Gasteiger partial charge on any atom is 0.255 e. The minimum Gasteiger partial charge on any atom is -0.493 e. The summed E-state index contributed by atoms with van der Waals surface area (Å²) >= 11 is 0. The Bertz CT molecular complexity index is 864. The van der Waals surface area contributed by atoms with E-state index in [0.29, 0.717) is 29.5 Å². The first-order valence-corrected chi connectivity index (χ1v) is 10.5. The number of carbonyl (C=O) groups is 1. The number of nitrogens with zero attached hydrogens (tertiary/aromatic N) is 1. The van der Waals surface area contributed by atoms with Gasteiger partial charge in [-0.3, -0.25) is 9.69 Å². The van der Waals surface area contributed by atoms with E-state index in [1.165, 1.54) is 11.1 Å². The molecule has 30 heavy (non-hydrogen) atoms. The highest BCUT2D eigenvalue weighted by Crippen LogP contribution is 2.30. The Morgan fingerprint density at radius 2 is 1.93 bits per heavy atom. The van der Waals surface area contributed by atoms with E-state index in [1.807, 2.05) is 6.07 Å². The SMILES string of the molecule is COc1cccc(C(=O)NC[C@@H]2CCCN(C/C(C)=C/c3ccccc3)C2)c1OC. The molecule has 0 unspecified atom stereocenters. The molecule has 0 bridgehead atoms. The highest BCUT2D eigenvalue weighted by Gasteiger charge is 2.22. The zero-order valence-electron chi connectivity index (χ0n) is 18.2. The Labute approximate surface area is 179 Å². The number of rotatable bonds is 8. The van der Waals surface area contributed by atoms with Gasteiger partial charge in [0.15, 0.2) is 11.5 Å². The molecule has 1 heterocycles. The van der Waals surface area contributed by atoms with Gasteiger partial charge in [0.05, 0.1) is 19.8 Å². The van der Waals surface area contributed by atoms with Crippen LogP contribution in [0.1, 0.15) is 35.7 Å². The van der Waals surface area contributed by atoms with Gasteiger partial charge in [0.2, 0.25) is 0 Å². The number of hydrogen-bond donors (Lipinski definition) is 1. The smallest absolute Gasteiger partial charge is 0.255 e. The number of carbonyl (C=O) groups excluding carboxylic acids is 1. The zero-order valence-corrected chi connectivity index (χ0v) is 18.2. The van der Waals surface area contributed by atoms with Crippen LogP contribution in [-0.4, -0.2) is 51.2 Å². The maximum atomic E-state index is 12.7.